The molecule has 124 valence electrons. The van der Waals surface area contributed by atoms with Gasteiger partial charge >= 0.3 is 0 Å². The average Bonchev–Trinajstić information content (AvgIpc) is 2.64. The quantitative estimate of drug-likeness (QED) is 0.867. The van der Waals surface area contributed by atoms with Gasteiger partial charge in [-0.2, -0.15) is 0 Å². The summed E-state index contributed by atoms with van der Waals surface area (Å²) in [6.07, 6.45) is 3.65. The van der Waals surface area contributed by atoms with Crippen LogP contribution in [0.1, 0.15) is 21.5 Å². The zero-order valence-corrected chi connectivity index (χ0v) is 13.8. The Bertz CT molecular complexity index is 722. The van der Waals surface area contributed by atoms with E-state index in [4.69, 9.17) is 0 Å². The van der Waals surface area contributed by atoms with Gasteiger partial charge in [0, 0.05) is 38.6 Å². The molecular weight excluding hydrogens is 302 g/mol. The predicted molar refractivity (Wildman–Crippen MR) is 91.6 cm³/mol. The van der Waals surface area contributed by atoms with E-state index < -0.39 is 0 Å². The molecule has 2 aromatic rings. The Morgan fingerprint density at radius 1 is 1.00 bits per heavy atom. The number of benzene rings is 1. The van der Waals surface area contributed by atoms with E-state index in [1.807, 2.05) is 36.1 Å². The molecule has 1 aromatic carbocycles. The Kier molecular flexibility index (Phi) is 4.89. The Morgan fingerprint density at radius 3 is 2.38 bits per heavy atom. The van der Waals surface area contributed by atoms with Gasteiger partial charge in [-0.3, -0.25) is 14.6 Å². The molecule has 3 rings (SSSR count). The molecule has 0 spiro atoms. The lowest BCUT2D eigenvalue weighted by Crippen LogP contribution is -2.51. The SMILES string of the molecule is Cc1ccccc1CC(=O)N1CCN(C(=O)c2cccnc2)CC1. The summed E-state index contributed by atoms with van der Waals surface area (Å²) >= 11 is 0. The lowest BCUT2D eigenvalue weighted by atomic mass is 10.1. The summed E-state index contributed by atoms with van der Waals surface area (Å²) in [6, 6.07) is 11.5. The highest BCUT2D eigenvalue weighted by atomic mass is 16.2. The van der Waals surface area contributed by atoms with Crippen LogP contribution in [0.25, 0.3) is 0 Å². The fourth-order valence-corrected chi connectivity index (χ4v) is 2.91. The molecule has 0 unspecified atom stereocenters. The molecule has 24 heavy (non-hydrogen) atoms. The fraction of sp³-hybridized carbons (Fsp3) is 0.316. The highest BCUT2D eigenvalue weighted by Crippen LogP contribution is 2.12. The van der Waals surface area contributed by atoms with E-state index in [0.717, 1.165) is 11.1 Å². The lowest BCUT2D eigenvalue weighted by Gasteiger charge is -2.35. The zero-order valence-electron chi connectivity index (χ0n) is 13.8. The van der Waals surface area contributed by atoms with Crippen molar-refractivity contribution in [3.63, 3.8) is 0 Å². The molecule has 0 atom stereocenters. The van der Waals surface area contributed by atoms with E-state index in [1.54, 1.807) is 29.4 Å². The smallest absolute Gasteiger partial charge is 0.255 e. The minimum absolute atomic E-state index is 0.0193. The minimum Gasteiger partial charge on any atom is -0.339 e. The van der Waals surface area contributed by atoms with Crippen molar-refractivity contribution in [2.75, 3.05) is 26.2 Å². The lowest BCUT2D eigenvalue weighted by molar-refractivity contribution is -0.131. The number of aryl methyl sites for hydroxylation is 1. The molecule has 5 heteroatoms. The second kappa shape index (κ2) is 7.25. The van der Waals surface area contributed by atoms with Gasteiger partial charge in [-0.15, -0.1) is 0 Å². The van der Waals surface area contributed by atoms with Crippen LogP contribution in [-0.4, -0.2) is 52.8 Å². The number of rotatable bonds is 3. The van der Waals surface area contributed by atoms with Crippen molar-refractivity contribution in [3.05, 3.63) is 65.5 Å². The first-order valence-electron chi connectivity index (χ1n) is 8.17. The molecule has 0 aliphatic carbocycles. The van der Waals surface area contributed by atoms with Crippen LogP contribution >= 0.6 is 0 Å². The van der Waals surface area contributed by atoms with E-state index in [9.17, 15) is 9.59 Å². The van der Waals surface area contributed by atoms with Gasteiger partial charge in [0.2, 0.25) is 5.91 Å². The van der Waals surface area contributed by atoms with Crippen LogP contribution in [0.3, 0.4) is 0 Å². The first-order valence-corrected chi connectivity index (χ1v) is 8.17. The largest absolute Gasteiger partial charge is 0.339 e. The van der Waals surface area contributed by atoms with Crippen LogP contribution in [-0.2, 0) is 11.2 Å². The first kappa shape index (κ1) is 16.2. The number of piperazine rings is 1. The van der Waals surface area contributed by atoms with Crippen LogP contribution in [0.5, 0.6) is 0 Å². The number of nitrogens with zero attached hydrogens (tertiary/aromatic N) is 3. The second-order valence-electron chi connectivity index (χ2n) is 6.02. The number of hydrogen-bond donors (Lipinski definition) is 0. The zero-order chi connectivity index (χ0) is 16.9. The highest BCUT2D eigenvalue weighted by molar-refractivity contribution is 5.94. The fourth-order valence-electron chi connectivity index (χ4n) is 2.91. The summed E-state index contributed by atoms with van der Waals surface area (Å²) in [6.45, 7) is 4.31. The maximum absolute atomic E-state index is 12.5. The van der Waals surface area contributed by atoms with Crippen LogP contribution in [0, 0.1) is 6.92 Å². The molecule has 0 N–H and O–H groups in total. The summed E-state index contributed by atoms with van der Waals surface area (Å²) in [5, 5.41) is 0. The third kappa shape index (κ3) is 3.62. The molecule has 1 aliphatic heterocycles. The van der Waals surface area contributed by atoms with Crippen LogP contribution in [0.4, 0.5) is 0 Å². The van der Waals surface area contributed by atoms with Crippen molar-refractivity contribution < 1.29 is 9.59 Å². The van der Waals surface area contributed by atoms with E-state index >= 15 is 0 Å². The molecule has 2 amide bonds. The molecule has 1 aromatic heterocycles. The number of aromatic nitrogens is 1. The standard InChI is InChI=1S/C19H21N3O2/c1-15-5-2-3-6-16(15)13-18(23)21-9-11-22(12-10-21)19(24)17-7-4-8-20-14-17/h2-8,14H,9-13H2,1H3. The van der Waals surface area contributed by atoms with Gasteiger partial charge in [0.1, 0.15) is 0 Å². The van der Waals surface area contributed by atoms with Crippen molar-refractivity contribution in [2.45, 2.75) is 13.3 Å². The van der Waals surface area contributed by atoms with Crippen molar-refractivity contribution in [3.8, 4) is 0 Å². The minimum atomic E-state index is -0.0193. The van der Waals surface area contributed by atoms with Gasteiger partial charge < -0.3 is 9.80 Å². The van der Waals surface area contributed by atoms with Crippen molar-refractivity contribution in [1.82, 2.24) is 14.8 Å². The van der Waals surface area contributed by atoms with Gasteiger partial charge in [-0.1, -0.05) is 24.3 Å². The molecular formula is C19H21N3O2. The highest BCUT2D eigenvalue weighted by Gasteiger charge is 2.25. The van der Waals surface area contributed by atoms with Gasteiger partial charge in [-0.05, 0) is 30.2 Å². The molecule has 1 saturated heterocycles. The monoisotopic (exact) mass is 323 g/mol. The maximum Gasteiger partial charge on any atom is 0.255 e. The Morgan fingerprint density at radius 2 is 1.71 bits per heavy atom. The Balaban J connectivity index is 1.56. The molecule has 1 aliphatic rings. The Labute approximate surface area is 141 Å². The van der Waals surface area contributed by atoms with Gasteiger partial charge in [0.15, 0.2) is 0 Å². The average molecular weight is 323 g/mol. The van der Waals surface area contributed by atoms with E-state index in [2.05, 4.69) is 4.98 Å². The Hall–Kier alpha value is -2.69. The van der Waals surface area contributed by atoms with Crippen LogP contribution in [0.2, 0.25) is 0 Å². The van der Waals surface area contributed by atoms with Crippen molar-refractivity contribution in [1.29, 1.82) is 0 Å². The summed E-state index contributed by atoms with van der Waals surface area (Å²) < 4.78 is 0. The third-order valence-electron chi connectivity index (χ3n) is 4.43. The molecule has 0 radical (unpaired) electrons. The third-order valence-corrected chi connectivity index (χ3v) is 4.43. The molecule has 5 nitrogen and oxygen atoms in total. The normalized spacial score (nSPS) is 14.5. The first-order chi connectivity index (χ1) is 11.6. The number of hydrogen-bond acceptors (Lipinski definition) is 3. The van der Waals surface area contributed by atoms with Gasteiger partial charge in [-0.25, -0.2) is 0 Å². The molecule has 1 fully saturated rings. The summed E-state index contributed by atoms with van der Waals surface area (Å²) in [7, 11) is 0. The summed E-state index contributed by atoms with van der Waals surface area (Å²) in [4.78, 5) is 32.5. The van der Waals surface area contributed by atoms with E-state index in [0.29, 0.717) is 38.2 Å². The van der Waals surface area contributed by atoms with Gasteiger partial charge in [0.25, 0.3) is 5.91 Å². The number of amides is 2. The van der Waals surface area contributed by atoms with Crippen LogP contribution < -0.4 is 0 Å². The van der Waals surface area contributed by atoms with Crippen molar-refractivity contribution >= 4 is 11.8 Å². The van der Waals surface area contributed by atoms with E-state index in [-0.39, 0.29) is 11.8 Å². The molecule has 0 saturated carbocycles. The topological polar surface area (TPSA) is 53.5 Å². The summed E-state index contributed by atoms with van der Waals surface area (Å²) in [5.41, 5.74) is 2.80. The number of carbonyl (C=O) groups is 2. The maximum atomic E-state index is 12.5. The second-order valence-corrected chi connectivity index (χ2v) is 6.02. The van der Waals surface area contributed by atoms with Crippen LogP contribution in [0.15, 0.2) is 48.8 Å². The van der Waals surface area contributed by atoms with Gasteiger partial charge in [0.05, 0.1) is 12.0 Å². The molecule has 2 heterocycles. The number of pyridine rings is 1. The van der Waals surface area contributed by atoms with E-state index in [1.165, 1.54) is 0 Å². The van der Waals surface area contributed by atoms with Crippen molar-refractivity contribution in [2.24, 2.45) is 0 Å². The number of carbonyl (C=O) groups excluding carboxylic acids is 2. The summed E-state index contributed by atoms with van der Waals surface area (Å²) in [5.74, 6) is 0.104. The predicted octanol–water partition coefficient (Wildman–Crippen LogP) is 1.92. The molecule has 0 bridgehead atoms.